The smallest absolute Gasteiger partial charge is 0.261 e. The van der Waals surface area contributed by atoms with Crippen molar-refractivity contribution in [2.75, 3.05) is 6.54 Å². The number of hydrogen-bond acceptors (Lipinski definition) is 4. The van der Waals surface area contributed by atoms with Gasteiger partial charge in [0.05, 0.1) is 17.4 Å². The molecule has 30 heavy (non-hydrogen) atoms. The van der Waals surface area contributed by atoms with Crippen LogP contribution in [-0.4, -0.2) is 38.3 Å². The molecule has 0 N–H and O–H groups in total. The summed E-state index contributed by atoms with van der Waals surface area (Å²) in [6.07, 6.45) is 3.54. The first kappa shape index (κ1) is 18.2. The van der Waals surface area contributed by atoms with E-state index in [0.717, 1.165) is 35.2 Å². The number of benzene rings is 3. The molecule has 6 nitrogen and oxygen atoms in total. The molecule has 5 rings (SSSR count). The molecule has 0 atom stereocenters. The fourth-order valence-electron chi connectivity index (χ4n) is 3.92. The van der Waals surface area contributed by atoms with Crippen LogP contribution in [0.5, 0.6) is 0 Å². The second kappa shape index (κ2) is 7.22. The van der Waals surface area contributed by atoms with Crippen LogP contribution in [0.15, 0.2) is 66.9 Å². The quantitative estimate of drug-likeness (QED) is 0.466. The van der Waals surface area contributed by atoms with Crippen LogP contribution in [0.4, 0.5) is 0 Å². The summed E-state index contributed by atoms with van der Waals surface area (Å²) in [5.41, 5.74) is 3.58. The van der Waals surface area contributed by atoms with Crippen molar-refractivity contribution in [2.24, 2.45) is 0 Å². The van der Waals surface area contributed by atoms with Gasteiger partial charge in [-0.1, -0.05) is 61.0 Å². The molecule has 6 heteroatoms. The average molecular weight is 396 g/mol. The Labute approximate surface area is 173 Å². The van der Waals surface area contributed by atoms with E-state index in [9.17, 15) is 9.59 Å². The number of amides is 2. The van der Waals surface area contributed by atoms with Crippen molar-refractivity contribution in [2.45, 2.75) is 19.8 Å². The van der Waals surface area contributed by atoms with Crippen LogP contribution in [0, 0.1) is 0 Å². The van der Waals surface area contributed by atoms with E-state index in [1.165, 1.54) is 4.90 Å². The zero-order valence-electron chi connectivity index (χ0n) is 16.6. The van der Waals surface area contributed by atoms with Crippen LogP contribution in [0.1, 0.15) is 40.5 Å². The first-order valence-electron chi connectivity index (χ1n) is 10.1. The third kappa shape index (κ3) is 2.88. The Kier molecular flexibility index (Phi) is 4.39. The summed E-state index contributed by atoms with van der Waals surface area (Å²) in [6.45, 7) is 2.47. The van der Waals surface area contributed by atoms with Gasteiger partial charge in [-0.15, -0.1) is 5.10 Å². The lowest BCUT2D eigenvalue weighted by Gasteiger charge is -2.27. The minimum atomic E-state index is -0.248. The molecular weight excluding hydrogens is 376 g/mol. The predicted octanol–water partition coefficient (Wildman–Crippen LogP) is 4.48. The summed E-state index contributed by atoms with van der Waals surface area (Å²) < 4.78 is 1.67. The fourth-order valence-corrected chi connectivity index (χ4v) is 3.92. The van der Waals surface area contributed by atoms with E-state index in [4.69, 9.17) is 0 Å². The highest BCUT2D eigenvalue weighted by Gasteiger charge is 2.32. The standard InChI is InChI=1S/C24H20N4O2/c1-2-3-12-27-23(29)19-11-7-10-17-13-18(14-20(22(17)19)24(27)30)28-15-21(25-26-28)16-8-5-4-6-9-16/h4-11,13-15H,2-3,12H2,1H3. The summed E-state index contributed by atoms with van der Waals surface area (Å²) in [6, 6.07) is 19.1. The highest BCUT2D eigenvalue weighted by Crippen LogP contribution is 2.32. The average Bonchev–Trinajstić information content (AvgIpc) is 3.28. The molecule has 148 valence electrons. The monoisotopic (exact) mass is 396 g/mol. The van der Waals surface area contributed by atoms with Crippen molar-refractivity contribution < 1.29 is 9.59 Å². The topological polar surface area (TPSA) is 68.1 Å². The number of hydrogen-bond donors (Lipinski definition) is 0. The SMILES string of the molecule is CCCCN1C(=O)c2cccc3cc(-n4cc(-c5ccccc5)nn4)cc(c23)C1=O. The number of aromatic nitrogens is 3. The molecule has 3 aromatic carbocycles. The molecular formula is C24H20N4O2. The summed E-state index contributed by atoms with van der Waals surface area (Å²) >= 11 is 0. The first-order chi connectivity index (χ1) is 14.7. The summed E-state index contributed by atoms with van der Waals surface area (Å²) in [7, 11) is 0. The van der Waals surface area contributed by atoms with Gasteiger partial charge in [0.2, 0.25) is 0 Å². The summed E-state index contributed by atoms with van der Waals surface area (Å²) in [4.78, 5) is 27.5. The lowest BCUT2D eigenvalue weighted by atomic mass is 9.93. The maximum absolute atomic E-state index is 13.2. The van der Waals surface area contributed by atoms with Gasteiger partial charge in [0.25, 0.3) is 11.8 Å². The molecule has 0 fully saturated rings. The molecule has 1 aliphatic rings. The Balaban J connectivity index is 1.63. The Morgan fingerprint density at radius 1 is 0.900 bits per heavy atom. The molecule has 0 spiro atoms. The second-order valence-electron chi connectivity index (χ2n) is 7.43. The van der Waals surface area contributed by atoms with Gasteiger partial charge in [-0.25, -0.2) is 4.68 Å². The second-order valence-corrected chi connectivity index (χ2v) is 7.43. The minimum Gasteiger partial charge on any atom is -0.274 e. The van der Waals surface area contributed by atoms with Crippen molar-refractivity contribution in [3.8, 4) is 16.9 Å². The van der Waals surface area contributed by atoms with Crippen LogP contribution in [0.25, 0.3) is 27.7 Å². The Bertz CT molecular complexity index is 1280. The fraction of sp³-hybridized carbons (Fsp3) is 0.167. The van der Waals surface area contributed by atoms with Gasteiger partial charge in [-0.2, -0.15) is 0 Å². The zero-order valence-corrected chi connectivity index (χ0v) is 16.6. The number of nitrogens with zero attached hydrogens (tertiary/aromatic N) is 4. The minimum absolute atomic E-state index is 0.216. The van der Waals surface area contributed by atoms with Gasteiger partial charge < -0.3 is 0 Å². The van der Waals surface area contributed by atoms with Gasteiger partial charge in [0, 0.05) is 23.1 Å². The van der Waals surface area contributed by atoms with Crippen LogP contribution in [0.3, 0.4) is 0 Å². The van der Waals surface area contributed by atoms with Crippen molar-refractivity contribution in [1.82, 2.24) is 19.9 Å². The molecule has 4 aromatic rings. The molecule has 0 radical (unpaired) electrons. The normalized spacial score (nSPS) is 13.3. The van der Waals surface area contributed by atoms with E-state index in [1.807, 2.05) is 67.7 Å². The lowest BCUT2D eigenvalue weighted by molar-refractivity contribution is 0.0608. The molecule has 1 aromatic heterocycles. The number of carbonyl (C=O) groups is 2. The molecule has 0 unspecified atom stereocenters. The van der Waals surface area contributed by atoms with Gasteiger partial charge in [-0.3, -0.25) is 14.5 Å². The molecule has 0 bridgehead atoms. The van der Waals surface area contributed by atoms with Crippen LogP contribution in [-0.2, 0) is 0 Å². The maximum atomic E-state index is 13.2. The Hall–Kier alpha value is -3.80. The number of unbranched alkanes of at least 4 members (excludes halogenated alkanes) is 1. The number of rotatable bonds is 5. The lowest BCUT2D eigenvalue weighted by Crippen LogP contribution is -2.40. The van der Waals surface area contributed by atoms with Gasteiger partial charge in [0.1, 0.15) is 5.69 Å². The molecule has 1 aliphatic heterocycles. The van der Waals surface area contributed by atoms with Crippen molar-refractivity contribution in [1.29, 1.82) is 0 Å². The van der Waals surface area contributed by atoms with E-state index in [2.05, 4.69) is 10.3 Å². The van der Waals surface area contributed by atoms with E-state index in [-0.39, 0.29) is 11.8 Å². The number of imide groups is 1. The molecule has 2 heterocycles. The van der Waals surface area contributed by atoms with E-state index in [1.54, 1.807) is 10.7 Å². The van der Waals surface area contributed by atoms with Crippen LogP contribution in [0.2, 0.25) is 0 Å². The van der Waals surface area contributed by atoms with Gasteiger partial charge in [-0.05, 0) is 30.0 Å². The molecule has 0 aliphatic carbocycles. The Morgan fingerprint density at radius 2 is 1.70 bits per heavy atom. The van der Waals surface area contributed by atoms with Crippen molar-refractivity contribution in [3.05, 3.63) is 78.0 Å². The highest BCUT2D eigenvalue weighted by atomic mass is 16.2. The van der Waals surface area contributed by atoms with Gasteiger partial charge >= 0.3 is 0 Å². The van der Waals surface area contributed by atoms with E-state index < -0.39 is 0 Å². The Morgan fingerprint density at radius 3 is 2.50 bits per heavy atom. The summed E-state index contributed by atoms with van der Waals surface area (Å²) in [5.74, 6) is -0.464. The van der Waals surface area contributed by atoms with Gasteiger partial charge in [0.15, 0.2) is 0 Å². The van der Waals surface area contributed by atoms with E-state index >= 15 is 0 Å². The molecule has 0 saturated carbocycles. The number of carbonyl (C=O) groups excluding carboxylic acids is 2. The van der Waals surface area contributed by atoms with Crippen molar-refractivity contribution >= 4 is 22.6 Å². The predicted molar refractivity (Wildman–Crippen MR) is 115 cm³/mol. The third-order valence-corrected chi connectivity index (χ3v) is 5.48. The largest absolute Gasteiger partial charge is 0.274 e. The van der Waals surface area contributed by atoms with Crippen molar-refractivity contribution in [3.63, 3.8) is 0 Å². The van der Waals surface area contributed by atoms with E-state index in [0.29, 0.717) is 23.1 Å². The first-order valence-corrected chi connectivity index (χ1v) is 10.1. The molecule has 2 amide bonds. The van der Waals surface area contributed by atoms with Crippen LogP contribution < -0.4 is 0 Å². The van der Waals surface area contributed by atoms with Crippen LogP contribution >= 0.6 is 0 Å². The zero-order chi connectivity index (χ0) is 20.7. The molecule has 0 saturated heterocycles. The maximum Gasteiger partial charge on any atom is 0.261 e. The highest BCUT2D eigenvalue weighted by molar-refractivity contribution is 6.25. The third-order valence-electron chi connectivity index (χ3n) is 5.48. The summed E-state index contributed by atoms with van der Waals surface area (Å²) in [5, 5.41) is 10.1.